The van der Waals surface area contributed by atoms with Crippen molar-refractivity contribution in [2.24, 2.45) is 0 Å². The summed E-state index contributed by atoms with van der Waals surface area (Å²) in [5, 5.41) is 0.705. The van der Waals surface area contributed by atoms with Gasteiger partial charge in [0.2, 0.25) is 0 Å². The second-order valence-corrected chi connectivity index (χ2v) is 7.55. The molecule has 1 amide bonds. The van der Waals surface area contributed by atoms with Crippen molar-refractivity contribution in [3.05, 3.63) is 64.9 Å². The number of hydrogen-bond donors (Lipinski definition) is 0. The van der Waals surface area contributed by atoms with E-state index < -0.39 is 0 Å². The molecule has 0 atom stereocenters. The Labute approximate surface area is 172 Å². The van der Waals surface area contributed by atoms with Crippen molar-refractivity contribution in [3.63, 3.8) is 0 Å². The quantitative estimate of drug-likeness (QED) is 0.419. The second-order valence-electron chi connectivity index (χ2n) is 7.11. The maximum absolute atomic E-state index is 13.1. The number of carbonyl (C=O) groups is 1. The van der Waals surface area contributed by atoms with Crippen LogP contribution in [-0.2, 0) is 13.1 Å². The Kier molecular flexibility index (Phi) is 7.10. The molecule has 0 spiro atoms. The van der Waals surface area contributed by atoms with Gasteiger partial charge in [-0.25, -0.2) is 4.98 Å². The Morgan fingerprint density at radius 2 is 1.86 bits per heavy atom. The van der Waals surface area contributed by atoms with Crippen LogP contribution in [0.2, 0.25) is 5.02 Å². The third-order valence-electron chi connectivity index (χ3n) is 4.91. The predicted molar refractivity (Wildman–Crippen MR) is 116 cm³/mol. The van der Waals surface area contributed by atoms with E-state index in [-0.39, 0.29) is 5.91 Å². The maximum atomic E-state index is 13.1. The summed E-state index contributed by atoms with van der Waals surface area (Å²) in [5.41, 5.74) is 2.68. The summed E-state index contributed by atoms with van der Waals surface area (Å²) in [5.74, 6) is 0.977. The normalized spacial score (nSPS) is 11.1. The molecule has 0 saturated carbocycles. The average Bonchev–Trinajstić information content (AvgIpc) is 3.04. The van der Waals surface area contributed by atoms with Crippen LogP contribution >= 0.6 is 11.6 Å². The zero-order valence-electron chi connectivity index (χ0n) is 16.7. The molecule has 0 bridgehead atoms. The number of benzene rings is 2. The van der Waals surface area contributed by atoms with Crippen molar-refractivity contribution in [3.8, 4) is 0 Å². The molecule has 148 valence electrons. The van der Waals surface area contributed by atoms with E-state index in [4.69, 9.17) is 16.6 Å². The Balaban J connectivity index is 1.93. The molecule has 0 fully saturated rings. The average molecular weight is 398 g/mol. The molecule has 1 aromatic heterocycles. The zero-order chi connectivity index (χ0) is 19.9. The molecule has 2 aromatic carbocycles. The van der Waals surface area contributed by atoms with E-state index in [0.29, 0.717) is 11.6 Å². The highest BCUT2D eigenvalue weighted by Gasteiger charge is 2.19. The van der Waals surface area contributed by atoms with E-state index in [1.807, 2.05) is 53.4 Å². The number of fused-ring (bicyclic) bond motifs is 1. The lowest BCUT2D eigenvalue weighted by Gasteiger charge is -2.23. The lowest BCUT2D eigenvalue weighted by molar-refractivity contribution is 0.0734. The third-order valence-corrected chi connectivity index (χ3v) is 5.14. The summed E-state index contributed by atoms with van der Waals surface area (Å²) >= 11 is 6.22. The first kappa shape index (κ1) is 20.4. The molecule has 0 unspecified atom stereocenters. The third kappa shape index (κ3) is 4.74. The molecule has 1 heterocycles. The van der Waals surface area contributed by atoms with Crippen LogP contribution in [0.25, 0.3) is 11.0 Å². The smallest absolute Gasteiger partial charge is 0.254 e. The van der Waals surface area contributed by atoms with E-state index in [1.165, 1.54) is 0 Å². The number of nitrogens with zero attached hydrogens (tertiary/aromatic N) is 3. The van der Waals surface area contributed by atoms with E-state index in [1.54, 1.807) is 0 Å². The molecular formula is C23H28ClN3O. The van der Waals surface area contributed by atoms with Crippen molar-refractivity contribution >= 4 is 28.5 Å². The molecule has 0 saturated heterocycles. The van der Waals surface area contributed by atoms with Crippen LogP contribution in [0.5, 0.6) is 0 Å². The van der Waals surface area contributed by atoms with Crippen molar-refractivity contribution in [2.75, 3.05) is 6.54 Å². The number of imidazole rings is 1. The van der Waals surface area contributed by atoms with Gasteiger partial charge in [-0.1, -0.05) is 56.5 Å². The number of unbranched alkanes of at least 4 members (excludes halogenated alkanes) is 2. The number of halogens is 1. The molecule has 0 aliphatic carbocycles. The van der Waals surface area contributed by atoms with Gasteiger partial charge in [0.15, 0.2) is 0 Å². The number of hydrogen-bond acceptors (Lipinski definition) is 2. The van der Waals surface area contributed by atoms with Gasteiger partial charge < -0.3 is 9.47 Å². The van der Waals surface area contributed by atoms with E-state index in [2.05, 4.69) is 18.4 Å². The largest absolute Gasteiger partial charge is 0.331 e. The fourth-order valence-corrected chi connectivity index (χ4v) is 3.65. The Morgan fingerprint density at radius 1 is 1.07 bits per heavy atom. The van der Waals surface area contributed by atoms with Gasteiger partial charge in [-0.2, -0.15) is 0 Å². The monoisotopic (exact) mass is 397 g/mol. The van der Waals surface area contributed by atoms with Crippen LogP contribution in [0.1, 0.15) is 55.7 Å². The molecule has 0 aliphatic heterocycles. The van der Waals surface area contributed by atoms with E-state index >= 15 is 0 Å². The summed E-state index contributed by atoms with van der Waals surface area (Å²) in [6.45, 7) is 6.41. The molecular weight excluding hydrogens is 370 g/mol. The summed E-state index contributed by atoms with van der Waals surface area (Å²) in [6, 6.07) is 15.3. The topological polar surface area (TPSA) is 38.1 Å². The minimum absolute atomic E-state index is 0.0600. The number of carbonyl (C=O) groups excluding carboxylic acids is 1. The van der Waals surface area contributed by atoms with Crippen molar-refractivity contribution in [1.29, 1.82) is 0 Å². The van der Waals surface area contributed by atoms with Gasteiger partial charge in [-0.15, -0.1) is 0 Å². The number of rotatable bonds is 9. The summed E-state index contributed by atoms with van der Waals surface area (Å²) in [6.07, 6.45) is 4.22. The maximum Gasteiger partial charge on any atom is 0.254 e. The number of aryl methyl sites for hydroxylation is 1. The number of amides is 1. The van der Waals surface area contributed by atoms with Crippen LogP contribution in [0.4, 0.5) is 0 Å². The van der Waals surface area contributed by atoms with E-state index in [0.717, 1.165) is 61.2 Å². The molecule has 3 rings (SSSR count). The van der Waals surface area contributed by atoms with Crippen LogP contribution in [0.15, 0.2) is 48.5 Å². The van der Waals surface area contributed by atoms with Gasteiger partial charge in [-0.3, -0.25) is 4.79 Å². The van der Waals surface area contributed by atoms with Crippen LogP contribution in [0, 0.1) is 0 Å². The second kappa shape index (κ2) is 9.74. The first-order valence-electron chi connectivity index (χ1n) is 10.1. The highest BCUT2D eigenvalue weighted by molar-refractivity contribution is 6.31. The SMILES string of the molecule is CCCCCN(Cc1nc2ccc(Cl)cc2n1CCC)C(=O)c1ccccc1. The van der Waals surface area contributed by atoms with Gasteiger partial charge in [0, 0.05) is 23.7 Å². The minimum Gasteiger partial charge on any atom is -0.331 e. The molecule has 0 aliphatic rings. The molecule has 5 heteroatoms. The molecule has 0 N–H and O–H groups in total. The number of aromatic nitrogens is 2. The predicted octanol–water partition coefficient (Wildman–Crippen LogP) is 5.93. The fourth-order valence-electron chi connectivity index (χ4n) is 3.48. The molecule has 4 nitrogen and oxygen atoms in total. The summed E-state index contributed by atoms with van der Waals surface area (Å²) in [7, 11) is 0. The Hall–Kier alpha value is -2.33. The summed E-state index contributed by atoms with van der Waals surface area (Å²) in [4.78, 5) is 19.9. The summed E-state index contributed by atoms with van der Waals surface area (Å²) < 4.78 is 2.20. The van der Waals surface area contributed by atoms with Gasteiger partial charge in [0.05, 0.1) is 17.6 Å². The zero-order valence-corrected chi connectivity index (χ0v) is 17.5. The first-order valence-corrected chi connectivity index (χ1v) is 10.5. The van der Waals surface area contributed by atoms with E-state index in [9.17, 15) is 4.79 Å². The lowest BCUT2D eigenvalue weighted by atomic mass is 10.1. The van der Waals surface area contributed by atoms with Crippen molar-refractivity contribution < 1.29 is 4.79 Å². The molecule has 28 heavy (non-hydrogen) atoms. The van der Waals surface area contributed by atoms with Gasteiger partial charge in [0.25, 0.3) is 5.91 Å². The standard InChI is InChI=1S/C23H28ClN3O/c1-3-5-9-15-26(23(28)18-10-7-6-8-11-18)17-22-25-20-13-12-19(24)16-21(20)27(22)14-4-2/h6-8,10-13,16H,3-5,9,14-15,17H2,1-2H3. The van der Waals surface area contributed by atoms with Gasteiger partial charge in [0.1, 0.15) is 5.82 Å². The highest BCUT2D eigenvalue weighted by Crippen LogP contribution is 2.23. The highest BCUT2D eigenvalue weighted by atomic mass is 35.5. The lowest BCUT2D eigenvalue weighted by Crippen LogP contribution is -2.32. The first-order chi connectivity index (χ1) is 13.6. The molecule has 0 radical (unpaired) electrons. The van der Waals surface area contributed by atoms with Crippen LogP contribution in [0.3, 0.4) is 0 Å². The van der Waals surface area contributed by atoms with Gasteiger partial charge >= 0.3 is 0 Å². The Bertz CT molecular complexity index is 920. The fraction of sp³-hybridized carbons (Fsp3) is 0.391. The van der Waals surface area contributed by atoms with Gasteiger partial charge in [-0.05, 0) is 43.2 Å². The Morgan fingerprint density at radius 3 is 2.57 bits per heavy atom. The van der Waals surface area contributed by atoms with Crippen LogP contribution in [-0.4, -0.2) is 26.9 Å². The van der Waals surface area contributed by atoms with Crippen LogP contribution < -0.4 is 0 Å². The molecule has 3 aromatic rings. The van der Waals surface area contributed by atoms with Crippen molar-refractivity contribution in [2.45, 2.75) is 52.6 Å². The van der Waals surface area contributed by atoms with Crippen molar-refractivity contribution in [1.82, 2.24) is 14.5 Å². The minimum atomic E-state index is 0.0600.